The quantitative estimate of drug-likeness (QED) is 0.853. The number of thiazole rings is 1. The number of aromatic nitrogens is 2. The maximum absolute atomic E-state index is 4.57. The van der Waals surface area contributed by atoms with E-state index in [-0.39, 0.29) is 0 Å². The van der Waals surface area contributed by atoms with Crippen LogP contribution in [0, 0.1) is 24.7 Å². The second-order valence-corrected chi connectivity index (χ2v) is 7.57. The van der Waals surface area contributed by atoms with E-state index in [9.17, 15) is 0 Å². The van der Waals surface area contributed by atoms with Crippen LogP contribution in [0.3, 0.4) is 0 Å². The van der Waals surface area contributed by atoms with Gasteiger partial charge >= 0.3 is 0 Å². The topological polar surface area (TPSA) is 37.8 Å². The maximum atomic E-state index is 4.57. The molecule has 114 valence electrons. The number of allylic oxidation sites excluding steroid dienone is 2. The Balaban J connectivity index is 1.33. The predicted molar refractivity (Wildman–Crippen MR) is 90.6 cm³/mol. The summed E-state index contributed by atoms with van der Waals surface area (Å²) in [4.78, 5) is 10.3. The molecular formula is C18H21N3S. The fourth-order valence-corrected chi connectivity index (χ4v) is 4.54. The van der Waals surface area contributed by atoms with E-state index in [1.54, 1.807) is 11.3 Å². The van der Waals surface area contributed by atoms with E-state index in [2.05, 4.69) is 39.6 Å². The highest BCUT2D eigenvalue weighted by Gasteiger charge is 2.34. The highest BCUT2D eigenvalue weighted by atomic mass is 32.1. The summed E-state index contributed by atoms with van der Waals surface area (Å²) in [6, 6.07) is 6.13. The molecule has 2 aromatic rings. The largest absolute Gasteiger partial charge is 0.310 e. The summed E-state index contributed by atoms with van der Waals surface area (Å²) in [6.45, 7) is 4.01. The summed E-state index contributed by atoms with van der Waals surface area (Å²) < 4.78 is 0. The molecule has 0 aromatic carbocycles. The van der Waals surface area contributed by atoms with Crippen LogP contribution in [0.1, 0.15) is 23.5 Å². The van der Waals surface area contributed by atoms with E-state index in [0.717, 1.165) is 52.1 Å². The van der Waals surface area contributed by atoms with Gasteiger partial charge in [0.15, 0.2) is 0 Å². The Morgan fingerprint density at radius 1 is 1.27 bits per heavy atom. The monoisotopic (exact) mass is 311 g/mol. The minimum Gasteiger partial charge on any atom is -0.310 e. The lowest BCUT2D eigenvalue weighted by molar-refractivity contribution is 0.414. The van der Waals surface area contributed by atoms with Crippen molar-refractivity contribution in [3.8, 4) is 10.6 Å². The Hall–Kier alpha value is -1.52. The average molecular weight is 311 g/mol. The molecule has 3 nitrogen and oxygen atoms in total. The molecule has 2 aliphatic carbocycles. The van der Waals surface area contributed by atoms with E-state index in [1.165, 1.54) is 12.8 Å². The molecule has 22 heavy (non-hydrogen) atoms. The molecule has 0 spiro atoms. The number of fused-ring (bicyclic) bond motifs is 2. The molecule has 0 radical (unpaired) electrons. The molecular weight excluding hydrogens is 290 g/mol. The van der Waals surface area contributed by atoms with Crippen LogP contribution in [0.25, 0.3) is 10.6 Å². The lowest BCUT2D eigenvalue weighted by Gasteiger charge is -2.17. The van der Waals surface area contributed by atoms with Crippen molar-refractivity contribution in [1.82, 2.24) is 15.3 Å². The fourth-order valence-electron chi connectivity index (χ4n) is 3.68. The molecule has 0 amide bonds. The van der Waals surface area contributed by atoms with Gasteiger partial charge in [0.05, 0.1) is 10.6 Å². The highest BCUT2D eigenvalue weighted by molar-refractivity contribution is 7.15. The second kappa shape index (κ2) is 5.94. The third kappa shape index (κ3) is 2.85. The summed E-state index contributed by atoms with van der Waals surface area (Å²) in [7, 11) is 0. The summed E-state index contributed by atoms with van der Waals surface area (Å²) in [5.41, 5.74) is 2.08. The molecule has 2 aliphatic rings. The second-order valence-electron chi connectivity index (χ2n) is 6.45. The van der Waals surface area contributed by atoms with E-state index in [1.807, 2.05) is 19.2 Å². The zero-order valence-corrected chi connectivity index (χ0v) is 13.6. The number of nitrogens with one attached hydrogen (secondary N) is 1. The van der Waals surface area contributed by atoms with Crippen molar-refractivity contribution in [3.63, 3.8) is 0 Å². The van der Waals surface area contributed by atoms with E-state index < -0.39 is 0 Å². The number of aryl methyl sites for hydroxylation is 1. The van der Waals surface area contributed by atoms with Crippen molar-refractivity contribution in [2.24, 2.45) is 17.8 Å². The zero-order chi connectivity index (χ0) is 14.9. The van der Waals surface area contributed by atoms with Gasteiger partial charge in [0.2, 0.25) is 0 Å². The molecule has 2 heterocycles. The van der Waals surface area contributed by atoms with Gasteiger partial charge in [-0.05, 0) is 56.2 Å². The smallest absolute Gasteiger partial charge is 0.107 e. The number of hydrogen-bond donors (Lipinski definition) is 1. The van der Waals surface area contributed by atoms with Gasteiger partial charge in [0, 0.05) is 18.4 Å². The van der Waals surface area contributed by atoms with Crippen LogP contribution in [0.5, 0.6) is 0 Å². The number of nitrogens with zero attached hydrogens (tertiary/aromatic N) is 2. The van der Waals surface area contributed by atoms with Crippen molar-refractivity contribution >= 4 is 11.3 Å². The first-order valence-corrected chi connectivity index (χ1v) is 8.87. The average Bonchev–Trinajstić information content (AvgIpc) is 3.23. The lowest BCUT2D eigenvalue weighted by Crippen LogP contribution is -2.24. The Labute approximate surface area is 135 Å². The van der Waals surface area contributed by atoms with Crippen LogP contribution >= 0.6 is 11.3 Å². The molecule has 4 rings (SSSR count). The molecule has 0 saturated heterocycles. The lowest BCUT2D eigenvalue weighted by atomic mass is 9.94. The molecule has 3 atom stereocenters. The first-order chi connectivity index (χ1) is 10.8. The van der Waals surface area contributed by atoms with Crippen molar-refractivity contribution in [3.05, 3.63) is 47.2 Å². The summed E-state index contributed by atoms with van der Waals surface area (Å²) in [5.74, 6) is 2.50. The normalized spacial score (nSPS) is 26.0. The van der Waals surface area contributed by atoms with E-state index >= 15 is 0 Å². The Kier molecular flexibility index (Phi) is 3.80. The summed E-state index contributed by atoms with van der Waals surface area (Å²) in [5, 5.41) is 4.75. The van der Waals surface area contributed by atoms with Crippen LogP contribution in [-0.4, -0.2) is 16.5 Å². The van der Waals surface area contributed by atoms with Gasteiger partial charge in [0.25, 0.3) is 0 Å². The van der Waals surface area contributed by atoms with Crippen molar-refractivity contribution in [2.75, 3.05) is 6.54 Å². The molecule has 1 saturated carbocycles. The first-order valence-electron chi connectivity index (χ1n) is 8.06. The minimum absolute atomic E-state index is 0.820. The minimum atomic E-state index is 0.820. The predicted octanol–water partition coefficient (Wildman–Crippen LogP) is 3.82. The highest BCUT2D eigenvalue weighted by Crippen LogP contribution is 2.42. The standard InChI is InChI=1S/C18H21N3S/c1-12-3-2-4-16(21-12)17-10-20-18(22-17)11-19-9-15-8-13-5-6-14(15)7-13/h2-6,10,13-15,19H,7-9,11H2,1H3. The van der Waals surface area contributed by atoms with Gasteiger partial charge in [-0.2, -0.15) is 0 Å². The molecule has 0 aliphatic heterocycles. The molecule has 2 bridgehead atoms. The number of rotatable bonds is 5. The van der Waals surface area contributed by atoms with Gasteiger partial charge < -0.3 is 5.32 Å². The van der Waals surface area contributed by atoms with Gasteiger partial charge in [-0.25, -0.2) is 4.98 Å². The molecule has 1 N–H and O–H groups in total. The van der Waals surface area contributed by atoms with Crippen LogP contribution in [0.4, 0.5) is 0 Å². The summed E-state index contributed by atoms with van der Waals surface area (Å²) >= 11 is 1.74. The van der Waals surface area contributed by atoms with Crippen LogP contribution in [-0.2, 0) is 6.54 Å². The van der Waals surface area contributed by atoms with Crippen LogP contribution < -0.4 is 5.32 Å². The van der Waals surface area contributed by atoms with Gasteiger partial charge in [-0.1, -0.05) is 18.2 Å². The maximum Gasteiger partial charge on any atom is 0.107 e. The summed E-state index contributed by atoms with van der Waals surface area (Å²) in [6.07, 6.45) is 9.52. The molecule has 3 unspecified atom stereocenters. The molecule has 1 fully saturated rings. The van der Waals surface area contributed by atoms with Crippen molar-refractivity contribution < 1.29 is 0 Å². The van der Waals surface area contributed by atoms with Gasteiger partial charge in [-0.15, -0.1) is 11.3 Å². The Morgan fingerprint density at radius 2 is 2.23 bits per heavy atom. The molecule has 4 heteroatoms. The van der Waals surface area contributed by atoms with E-state index in [0.29, 0.717) is 0 Å². The fraction of sp³-hybridized carbons (Fsp3) is 0.444. The number of hydrogen-bond acceptors (Lipinski definition) is 4. The first kappa shape index (κ1) is 14.1. The third-order valence-electron chi connectivity index (χ3n) is 4.79. The third-order valence-corrected chi connectivity index (χ3v) is 5.81. The van der Waals surface area contributed by atoms with Crippen LogP contribution in [0.2, 0.25) is 0 Å². The Morgan fingerprint density at radius 3 is 3.00 bits per heavy atom. The molecule has 2 aromatic heterocycles. The Bertz CT molecular complexity index is 691. The van der Waals surface area contributed by atoms with E-state index in [4.69, 9.17) is 0 Å². The number of pyridine rings is 1. The van der Waals surface area contributed by atoms with Crippen molar-refractivity contribution in [2.45, 2.75) is 26.3 Å². The SMILES string of the molecule is Cc1cccc(-c2cnc(CNCC3CC4C=CC3C4)s2)n1. The van der Waals surface area contributed by atoms with Crippen LogP contribution in [0.15, 0.2) is 36.5 Å². The zero-order valence-electron chi connectivity index (χ0n) is 12.8. The van der Waals surface area contributed by atoms with Gasteiger partial charge in [0.1, 0.15) is 5.01 Å². The van der Waals surface area contributed by atoms with Gasteiger partial charge in [-0.3, -0.25) is 4.98 Å². The van der Waals surface area contributed by atoms with Crippen molar-refractivity contribution in [1.29, 1.82) is 0 Å².